The summed E-state index contributed by atoms with van der Waals surface area (Å²) in [6.07, 6.45) is 7.52. The van der Waals surface area contributed by atoms with Crippen molar-refractivity contribution >= 4 is 13.0 Å². The zero-order valence-corrected chi connectivity index (χ0v) is 13.2. The first kappa shape index (κ1) is 14.3. The standard InChI is InChI=1S/C16H22BNO3/c1-15(2)8-7-12-14(16(15,3)4)21-17(20-12)9-11-18-10-5-6-13(18)19/h7-9,11H,5-6,10H2,1-4H3/b11-9+. The zero-order chi connectivity index (χ0) is 15.3. The van der Waals surface area contributed by atoms with Gasteiger partial charge in [0.15, 0.2) is 0 Å². The molecular formula is C16H22BNO3. The van der Waals surface area contributed by atoms with Crippen LogP contribution in [0.25, 0.3) is 0 Å². The van der Waals surface area contributed by atoms with Crippen LogP contribution < -0.4 is 0 Å². The second kappa shape index (κ2) is 4.68. The summed E-state index contributed by atoms with van der Waals surface area (Å²) >= 11 is 0. The maximum absolute atomic E-state index is 11.6. The summed E-state index contributed by atoms with van der Waals surface area (Å²) in [6.45, 7) is 9.52. The average Bonchev–Trinajstić information content (AvgIpc) is 2.99. The normalized spacial score (nSPS) is 26.4. The van der Waals surface area contributed by atoms with Crippen molar-refractivity contribution in [3.05, 3.63) is 35.8 Å². The van der Waals surface area contributed by atoms with Crippen LogP contribution in [-0.4, -0.2) is 24.5 Å². The van der Waals surface area contributed by atoms with Crippen molar-refractivity contribution in [1.82, 2.24) is 4.90 Å². The van der Waals surface area contributed by atoms with Gasteiger partial charge in [0.05, 0.1) is 0 Å². The fourth-order valence-corrected chi connectivity index (χ4v) is 2.81. The van der Waals surface area contributed by atoms with Gasteiger partial charge in [-0.15, -0.1) is 0 Å². The van der Waals surface area contributed by atoms with Crippen molar-refractivity contribution in [2.24, 2.45) is 10.8 Å². The van der Waals surface area contributed by atoms with Gasteiger partial charge < -0.3 is 14.2 Å². The van der Waals surface area contributed by atoms with Crippen LogP contribution in [0.15, 0.2) is 35.8 Å². The predicted molar refractivity (Wildman–Crippen MR) is 81.7 cm³/mol. The first-order valence-electron chi connectivity index (χ1n) is 7.56. The fourth-order valence-electron chi connectivity index (χ4n) is 2.81. The van der Waals surface area contributed by atoms with E-state index in [-0.39, 0.29) is 16.7 Å². The van der Waals surface area contributed by atoms with Gasteiger partial charge in [-0.3, -0.25) is 4.79 Å². The molecule has 5 heteroatoms. The number of hydrogen-bond acceptors (Lipinski definition) is 3. The second-order valence-electron chi connectivity index (χ2n) is 7.01. The highest BCUT2D eigenvalue weighted by Crippen LogP contribution is 2.51. The van der Waals surface area contributed by atoms with Crippen molar-refractivity contribution < 1.29 is 14.1 Å². The third kappa shape index (κ3) is 2.28. The largest absolute Gasteiger partial charge is 0.626 e. The maximum atomic E-state index is 11.6. The van der Waals surface area contributed by atoms with E-state index >= 15 is 0 Å². The maximum Gasteiger partial charge on any atom is 0.626 e. The van der Waals surface area contributed by atoms with E-state index in [0.29, 0.717) is 6.42 Å². The number of carbonyl (C=O) groups is 1. The number of hydrogen-bond donors (Lipinski definition) is 0. The number of rotatable bonds is 2. The number of likely N-dealkylation sites (tertiary alicyclic amines) is 1. The summed E-state index contributed by atoms with van der Waals surface area (Å²) in [7, 11) is -0.443. The quantitative estimate of drug-likeness (QED) is 0.733. The van der Waals surface area contributed by atoms with E-state index < -0.39 is 7.12 Å². The SMILES string of the molecule is CC1(C)C=CC2=C(OB(/C=C/N3CCCC3=O)O2)C1(C)C. The van der Waals surface area contributed by atoms with Crippen LogP contribution in [-0.2, 0) is 14.1 Å². The Bertz CT molecular complexity index is 560. The summed E-state index contributed by atoms with van der Waals surface area (Å²) < 4.78 is 11.8. The van der Waals surface area contributed by atoms with Gasteiger partial charge in [0.25, 0.3) is 0 Å². The van der Waals surface area contributed by atoms with E-state index in [2.05, 4.69) is 33.8 Å². The molecule has 0 unspecified atom stereocenters. The van der Waals surface area contributed by atoms with Crippen LogP contribution in [0.3, 0.4) is 0 Å². The van der Waals surface area contributed by atoms with E-state index in [1.165, 1.54) is 0 Å². The van der Waals surface area contributed by atoms with Crippen LogP contribution in [0.5, 0.6) is 0 Å². The Balaban J connectivity index is 1.72. The predicted octanol–water partition coefficient (Wildman–Crippen LogP) is 3.03. The van der Waals surface area contributed by atoms with Gasteiger partial charge in [-0.1, -0.05) is 33.8 Å². The molecule has 0 aromatic rings. The van der Waals surface area contributed by atoms with Gasteiger partial charge in [-0.05, 0) is 23.9 Å². The van der Waals surface area contributed by atoms with Crippen molar-refractivity contribution in [2.45, 2.75) is 40.5 Å². The molecule has 1 fully saturated rings. The molecule has 1 aliphatic carbocycles. The van der Waals surface area contributed by atoms with Gasteiger partial charge >= 0.3 is 7.12 Å². The lowest BCUT2D eigenvalue weighted by molar-refractivity contribution is -0.125. The van der Waals surface area contributed by atoms with Gasteiger partial charge in [0.2, 0.25) is 5.91 Å². The molecule has 21 heavy (non-hydrogen) atoms. The minimum Gasteiger partial charge on any atom is -0.522 e. The third-order valence-electron chi connectivity index (χ3n) is 5.06. The van der Waals surface area contributed by atoms with Crippen LogP contribution in [0.4, 0.5) is 0 Å². The van der Waals surface area contributed by atoms with Crippen molar-refractivity contribution in [1.29, 1.82) is 0 Å². The smallest absolute Gasteiger partial charge is 0.522 e. The van der Waals surface area contributed by atoms with Crippen LogP contribution in [0.1, 0.15) is 40.5 Å². The highest BCUT2D eigenvalue weighted by Gasteiger charge is 2.48. The monoisotopic (exact) mass is 287 g/mol. The summed E-state index contributed by atoms with van der Waals surface area (Å²) in [5, 5.41) is 0. The van der Waals surface area contributed by atoms with Gasteiger partial charge in [0.1, 0.15) is 11.5 Å². The minimum absolute atomic E-state index is 0.0126. The van der Waals surface area contributed by atoms with Crippen molar-refractivity contribution in [3.63, 3.8) is 0 Å². The number of nitrogens with zero attached hydrogens (tertiary/aromatic N) is 1. The summed E-state index contributed by atoms with van der Waals surface area (Å²) in [6, 6.07) is 0. The van der Waals surface area contributed by atoms with Crippen molar-refractivity contribution in [2.75, 3.05) is 6.54 Å². The Labute approximate surface area is 126 Å². The van der Waals surface area contributed by atoms with E-state index in [1.807, 2.05) is 12.1 Å². The molecule has 0 saturated carbocycles. The number of carbonyl (C=O) groups excluding carboxylic acids is 1. The highest BCUT2D eigenvalue weighted by molar-refractivity contribution is 6.52. The average molecular weight is 287 g/mol. The second-order valence-corrected chi connectivity index (χ2v) is 7.01. The molecule has 112 valence electrons. The molecule has 2 aliphatic heterocycles. The summed E-state index contributed by atoms with van der Waals surface area (Å²) in [5.41, 5.74) is -0.109. The number of amides is 1. The molecule has 0 N–H and O–H groups in total. The molecule has 0 aromatic heterocycles. The van der Waals surface area contributed by atoms with Crippen LogP contribution in [0, 0.1) is 10.8 Å². The van der Waals surface area contributed by atoms with Crippen LogP contribution >= 0.6 is 0 Å². The highest BCUT2D eigenvalue weighted by atomic mass is 16.6. The Morgan fingerprint density at radius 1 is 1.29 bits per heavy atom. The first-order valence-corrected chi connectivity index (χ1v) is 7.56. The molecule has 0 radical (unpaired) electrons. The van der Waals surface area contributed by atoms with E-state index in [9.17, 15) is 4.79 Å². The summed E-state index contributed by atoms with van der Waals surface area (Å²) in [4.78, 5) is 13.3. The molecule has 0 spiro atoms. The van der Waals surface area contributed by atoms with Gasteiger partial charge in [-0.25, -0.2) is 0 Å². The molecule has 0 atom stereocenters. The van der Waals surface area contributed by atoms with Crippen LogP contribution in [0.2, 0.25) is 0 Å². The molecule has 0 aromatic carbocycles. The van der Waals surface area contributed by atoms with Gasteiger partial charge in [-0.2, -0.15) is 0 Å². The number of allylic oxidation sites excluding steroid dienone is 3. The Morgan fingerprint density at radius 3 is 2.71 bits per heavy atom. The Kier molecular flexibility index (Phi) is 3.19. The molecular weight excluding hydrogens is 265 g/mol. The lowest BCUT2D eigenvalue weighted by Crippen LogP contribution is -2.35. The van der Waals surface area contributed by atoms with Crippen molar-refractivity contribution in [3.8, 4) is 0 Å². The fraction of sp³-hybridized carbons (Fsp3) is 0.562. The first-order chi connectivity index (χ1) is 9.81. The minimum atomic E-state index is -0.443. The Morgan fingerprint density at radius 2 is 2.05 bits per heavy atom. The Hall–Kier alpha value is -1.65. The lowest BCUT2D eigenvalue weighted by Gasteiger charge is -2.41. The van der Waals surface area contributed by atoms with E-state index in [1.54, 1.807) is 11.1 Å². The summed E-state index contributed by atoms with van der Waals surface area (Å²) in [5.74, 6) is 3.70. The molecule has 3 aliphatic rings. The zero-order valence-electron chi connectivity index (χ0n) is 13.2. The third-order valence-corrected chi connectivity index (χ3v) is 5.06. The molecule has 2 heterocycles. The molecule has 3 rings (SSSR count). The lowest BCUT2D eigenvalue weighted by atomic mass is 9.64. The van der Waals surface area contributed by atoms with E-state index in [4.69, 9.17) is 9.31 Å². The molecule has 1 saturated heterocycles. The molecule has 0 bridgehead atoms. The molecule has 4 nitrogen and oxygen atoms in total. The van der Waals surface area contributed by atoms with E-state index in [0.717, 1.165) is 24.5 Å². The topological polar surface area (TPSA) is 38.8 Å². The molecule has 1 amide bonds. The van der Waals surface area contributed by atoms with Gasteiger partial charge in [0, 0.05) is 24.6 Å².